The first-order valence-corrected chi connectivity index (χ1v) is 6.44. The summed E-state index contributed by atoms with van der Waals surface area (Å²) in [5.74, 6) is 0. The summed E-state index contributed by atoms with van der Waals surface area (Å²) in [5, 5.41) is 13.9. The van der Waals surface area contributed by atoms with Gasteiger partial charge in [0.15, 0.2) is 0 Å². The van der Waals surface area contributed by atoms with Crippen molar-refractivity contribution in [1.29, 1.82) is 0 Å². The topological polar surface area (TPSA) is 47.0 Å². The van der Waals surface area contributed by atoms with Crippen LogP contribution in [0.4, 0.5) is 0 Å². The van der Waals surface area contributed by atoms with E-state index in [0.717, 1.165) is 36.1 Å². The molecule has 0 aliphatic rings. The molecule has 1 heterocycles. The highest BCUT2D eigenvalue weighted by molar-refractivity contribution is 7.11. The molecule has 0 unspecified atom stereocenters. The molecule has 0 bridgehead atoms. The maximum Gasteiger partial charge on any atom is 0.131 e. The van der Waals surface area contributed by atoms with Crippen LogP contribution in [-0.4, -0.2) is 30.5 Å². The van der Waals surface area contributed by atoms with Gasteiger partial charge < -0.3 is 10.1 Å². The smallest absolute Gasteiger partial charge is 0.131 e. The predicted octanol–water partition coefficient (Wildman–Crippen LogP) is 1.96. The number of aromatic nitrogens is 2. The fraction of sp³-hybridized carbons (Fsp3) is 0.818. The molecule has 1 aromatic rings. The van der Waals surface area contributed by atoms with Gasteiger partial charge in [-0.3, -0.25) is 0 Å². The summed E-state index contributed by atoms with van der Waals surface area (Å²) in [4.78, 5) is 0. The fourth-order valence-electron chi connectivity index (χ4n) is 1.12. The molecule has 0 saturated heterocycles. The van der Waals surface area contributed by atoms with Crippen LogP contribution in [0.3, 0.4) is 0 Å². The lowest BCUT2D eigenvalue weighted by Crippen LogP contribution is -2.18. The first kappa shape index (κ1) is 13.5. The summed E-state index contributed by atoms with van der Waals surface area (Å²) in [7, 11) is 1.70. The van der Waals surface area contributed by atoms with Crippen molar-refractivity contribution >= 4 is 11.3 Å². The Balaban J connectivity index is 2.45. The van der Waals surface area contributed by atoms with Gasteiger partial charge >= 0.3 is 0 Å². The molecule has 0 aromatic carbocycles. The van der Waals surface area contributed by atoms with Gasteiger partial charge in [-0.1, -0.05) is 32.1 Å². The van der Waals surface area contributed by atoms with Gasteiger partial charge in [0.05, 0.1) is 6.61 Å². The molecule has 0 amide bonds. The van der Waals surface area contributed by atoms with Crippen molar-refractivity contribution in [2.75, 3.05) is 20.3 Å². The largest absolute Gasteiger partial charge is 0.383 e. The Bertz CT molecular complexity index is 312. The zero-order valence-electron chi connectivity index (χ0n) is 10.5. The second-order valence-corrected chi connectivity index (χ2v) is 5.47. The molecule has 1 N–H and O–H groups in total. The van der Waals surface area contributed by atoms with E-state index in [2.05, 4.69) is 36.3 Å². The Morgan fingerprint density at radius 2 is 2.12 bits per heavy atom. The predicted molar refractivity (Wildman–Crippen MR) is 66.8 cm³/mol. The summed E-state index contributed by atoms with van der Waals surface area (Å²) in [6, 6.07) is 0. The second kappa shape index (κ2) is 6.27. The van der Waals surface area contributed by atoms with E-state index in [1.54, 1.807) is 18.4 Å². The normalized spacial score (nSPS) is 12.0. The highest BCUT2D eigenvalue weighted by Crippen LogP contribution is 2.28. The zero-order valence-corrected chi connectivity index (χ0v) is 11.4. The first-order chi connectivity index (χ1) is 7.60. The highest BCUT2D eigenvalue weighted by atomic mass is 32.1. The third-order valence-corrected chi connectivity index (χ3v) is 3.98. The number of nitrogens with one attached hydrogen (secondary N) is 1. The van der Waals surface area contributed by atoms with Gasteiger partial charge in [-0.25, -0.2) is 0 Å². The molecule has 0 atom stereocenters. The van der Waals surface area contributed by atoms with E-state index >= 15 is 0 Å². The molecule has 0 fully saturated rings. The molecule has 92 valence electrons. The van der Waals surface area contributed by atoms with E-state index in [1.807, 2.05) is 0 Å². The van der Waals surface area contributed by atoms with Crippen LogP contribution in [0.25, 0.3) is 0 Å². The van der Waals surface area contributed by atoms with E-state index in [0.29, 0.717) is 0 Å². The molecule has 0 radical (unpaired) electrons. The Hall–Kier alpha value is -0.520. The minimum atomic E-state index is 0.141. The average molecular weight is 243 g/mol. The molecule has 4 nitrogen and oxygen atoms in total. The lowest BCUT2D eigenvalue weighted by molar-refractivity contribution is 0.199. The van der Waals surface area contributed by atoms with Crippen molar-refractivity contribution in [3.63, 3.8) is 0 Å². The van der Waals surface area contributed by atoms with Crippen LogP contribution in [0.15, 0.2) is 0 Å². The van der Waals surface area contributed by atoms with Crippen LogP contribution in [0, 0.1) is 0 Å². The molecule has 5 heteroatoms. The van der Waals surface area contributed by atoms with Crippen molar-refractivity contribution in [3.05, 3.63) is 10.0 Å². The van der Waals surface area contributed by atoms with Gasteiger partial charge in [0.2, 0.25) is 0 Å². The molecule has 16 heavy (non-hydrogen) atoms. The maximum atomic E-state index is 4.96. The van der Waals surface area contributed by atoms with E-state index in [4.69, 9.17) is 4.74 Å². The minimum Gasteiger partial charge on any atom is -0.383 e. The van der Waals surface area contributed by atoms with E-state index < -0.39 is 0 Å². The van der Waals surface area contributed by atoms with Crippen LogP contribution in [0.2, 0.25) is 0 Å². The number of nitrogens with zero attached hydrogens (tertiary/aromatic N) is 2. The van der Waals surface area contributed by atoms with E-state index in [9.17, 15) is 0 Å². The Kier molecular flexibility index (Phi) is 5.31. The number of rotatable bonds is 7. The lowest BCUT2D eigenvalue weighted by atomic mass is 9.91. The van der Waals surface area contributed by atoms with Gasteiger partial charge in [0, 0.05) is 25.6 Å². The van der Waals surface area contributed by atoms with Crippen LogP contribution >= 0.6 is 11.3 Å². The molecule has 1 aromatic heterocycles. The Labute approximate surface area is 101 Å². The maximum absolute atomic E-state index is 4.96. The van der Waals surface area contributed by atoms with Gasteiger partial charge in [-0.2, -0.15) is 0 Å². The number of methoxy groups -OCH3 is 1. The molecular weight excluding hydrogens is 222 g/mol. The summed E-state index contributed by atoms with van der Waals surface area (Å²) in [6.07, 6.45) is 1.08. The third-order valence-electron chi connectivity index (χ3n) is 2.69. The quantitative estimate of drug-likeness (QED) is 0.744. The summed E-state index contributed by atoms with van der Waals surface area (Å²) in [6.45, 7) is 8.94. The number of hydrogen-bond acceptors (Lipinski definition) is 5. The van der Waals surface area contributed by atoms with Gasteiger partial charge in [0.25, 0.3) is 0 Å². The van der Waals surface area contributed by atoms with Gasteiger partial charge in [-0.15, -0.1) is 10.2 Å². The molecule has 0 aliphatic carbocycles. The summed E-state index contributed by atoms with van der Waals surface area (Å²) >= 11 is 1.70. The minimum absolute atomic E-state index is 0.141. The fourth-order valence-corrected chi connectivity index (χ4v) is 2.10. The standard InChI is InChI=1S/C11H21N3OS/c1-5-11(2,3)10-14-13-9(16-10)8-12-6-7-15-4/h12H,5-8H2,1-4H3. The summed E-state index contributed by atoms with van der Waals surface area (Å²) in [5.41, 5.74) is 0.141. The Morgan fingerprint density at radius 3 is 2.75 bits per heavy atom. The number of hydrogen-bond donors (Lipinski definition) is 1. The lowest BCUT2D eigenvalue weighted by Gasteiger charge is -2.17. The van der Waals surface area contributed by atoms with Crippen LogP contribution < -0.4 is 5.32 Å². The van der Waals surface area contributed by atoms with Crippen LogP contribution in [-0.2, 0) is 16.7 Å². The van der Waals surface area contributed by atoms with Crippen molar-refractivity contribution < 1.29 is 4.74 Å². The molecule has 1 rings (SSSR count). The Morgan fingerprint density at radius 1 is 1.38 bits per heavy atom. The van der Waals surface area contributed by atoms with E-state index in [-0.39, 0.29) is 5.41 Å². The van der Waals surface area contributed by atoms with Crippen molar-refractivity contribution in [1.82, 2.24) is 15.5 Å². The molecular formula is C11H21N3OS. The van der Waals surface area contributed by atoms with Crippen molar-refractivity contribution in [2.45, 2.75) is 39.2 Å². The molecule has 0 spiro atoms. The van der Waals surface area contributed by atoms with Crippen molar-refractivity contribution in [3.8, 4) is 0 Å². The zero-order chi connectivity index (χ0) is 12.0. The third kappa shape index (κ3) is 3.81. The van der Waals surface area contributed by atoms with Gasteiger partial charge in [-0.05, 0) is 6.42 Å². The van der Waals surface area contributed by atoms with Gasteiger partial charge in [0.1, 0.15) is 10.0 Å². The SMILES string of the molecule is CCC(C)(C)c1nnc(CNCCOC)s1. The molecule has 0 aliphatic heterocycles. The van der Waals surface area contributed by atoms with Crippen molar-refractivity contribution in [2.24, 2.45) is 0 Å². The average Bonchev–Trinajstić information content (AvgIpc) is 2.74. The van der Waals surface area contributed by atoms with Crippen LogP contribution in [0.5, 0.6) is 0 Å². The highest BCUT2D eigenvalue weighted by Gasteiger charge is 2.22. The second-order valence-electron chi connectivity index (χ2n) is 4.41. The van der Waals surface area contributed by atoms with E-state index in [1.165, 1.54) is 0 Å². The first-order valence-electron chi connectivity index (χ1n) is 5.62. The summed E-state index contributed by atoms with van der Waals surface area (Å²) < 4.78 is 4.96. The monoisotopic (exact) mass is 243 g/mol. The van der Waals surface area contributed by atoms with Crippen LogP contribution in [0.1, 0.15) is 37.2 Å². The molecule has 0 saturated carbocycles. The number of ether oxygens (including phenoxy) is 1.